The van der Waals surface area contributed by atoms with Gasteiger partial charge in [-0.2, -0.15) is 0 Å². The molecule has 1 N–H and O–H groups in total. The molecule has 98 valence electrons. The fourth-order valence-corrected chi connectivity index (χ4v) is 3.20. The van der Waals surface area contributed by atoms with Crippen LogP contribution in [0.4, 0.5) is 0 Å². The number of carbonyl (C=O) groups excluding carboxylic acids is 1. The van der Waals surface area contributed by atoms with Crippen LogP contribution in [0.1, 0.15) is 19.3 Å². The molecule has 0 bridgehead atoms. The molecule has 1 rings (SSSR count). The van der Waals surface area contributed by atoms with Crippen molar-refractivity contribution >= 4 is 28.2 Å². The van der Waals surface area contributed by atoms with E-state index in [4.69, 9.17) is 0 Å². The largest absolute Gasteiger partial charge is 0.481 e. The van der Waals surface area contributed by atoms with Crippen LogP contribution in [0.25, 0.3) is 0 Å². The second-order valence-corrected chi connectivity index (χ2v) is 5.73. The molecule has 0 spiro atoms. The number of halogens is 1. The summed E-state index contributed by atoms with van der Waals surface area (Å²) < 4.78 is -0.648. The van der Waals surface area contributed by atoms with Crippen molar-refractivity contribution < 1.29 is 14.7 Å². The van der Waals surface area contributed by atoms with Crippen LogP contribution < -0.4 is 0 Å². The Morgan fingerprint density at radius 2 is 2.28 bits per heavy atom. The Balaban J connectivity index is 3.00. The van der Waals surface area contributed by atoms with E-state index >= 15 is 0 Å². The molecule has 0 aromatic rings. The van der Waals surface area contributed by atoms with Gasteiger partial charge in [0.2, 0.25) is 0 Å². The molecule has 0 aromatic heterocycles. The molecule has 1 aliphatic rings. The predicted octanol–water partition coefficient (Wildman–Crippen LogP) is 3.12. The van der Waals surface area contributed by atoms with Crippen molar-refractivity contribution in [3.05, 3.63) is 37.0 Å². The Hall–Kier alpha value is -1.16. The summed E-state index contributed by atoms with van der Waals surface area (Å²) in [6.45, 7) is 3.71. The highest BCUT2D eigenvalue weighted by atomic mass is 79.9. The summed E-state index contributed by atoms with van der Waals surface area (Å²) in [7, 11) is 0. The number of aliphatic carboxylic acids is 1. The van der Waals surface area contributed by atoms with Crippen LogP contribution in [0.2, 0.25) is 0 Å². The lowest BCUT2D eigenvalue weighted by Gasteiger charge is -2.37. The van der Waals surface area contributed by atoms with Gasteiger partial charge in [-0.1, -0.05) is 46.3 Å². The van der Waals surface area contributed by atoms with Gasteiger partial charge in [0.1, 0.15) is 6.29 Å². The number of carbonyl (C=O) groups is 2. The first-order valence-electron chi connectivity index (χ1n) is 5.88. The SMILES string of the molecule is C=CCC(CCC=O)C1(Br)C=CC=C[C@@H]1C(=O)O. The van der Waals surface area contributed by atoms with Crippen molar-refractivity contribution in [3.63, 3.8) is 0 Å². The van der Waals surface area contributed by atoms with Crippen LogP contribution in [-0.4, -0.2) is 21.7 Å². The zero-order valence-electron chi connectivity index (χ0n) is 10.1. The second kappa shape index (κ2) is 6.69. The molecule has 3 atom stereocenters. The van der Waals surface area contributed by atoms with E-state index in [2.05, 4.69) is 22.5 Å². The molecule has 0 saturated carbocycles. The third-order valence-corrected chi connectivity index (χ3v) is 4.62. The third kappa shape index (κ3) is 3.19. The molecule has 0 aromatic carbocycles. The zero-order valence-corrected chi connectivity index (χ0v) is 11.7. The fraction of sp³-hybridized carbons (Fsp3) is 0.429. The molecular weight excluding hydrogens is 296 g/mol. The van der Waals surface area contributed by atoms with Crippen LogP contribution >= 0.6 is 15.9 Å². The minimum Gasteiger partial charge on any atom is -0.481 e. The number of carboxylic acids is 1. The van der Waals surface area contributed by atoms with Gasteiger partial charge in [-0.25, -0.2) is 0 Å². The number of alkyl halides is 1. The molecular formula is C14H17BrO3. The summed E-state index contributed by atoms with van der Waals surface area (Å²) in [6, 6.07) is 0. The van der Waals surface area contributed by atoms with E-state index < -0.39 is 16.2 Å². The van der Waals surface area contributed by atoms with Crippen LogP contribution in [0, 0.1) is 11.8 Å². The van der Waals surface area contributed by atoms with Gasteiger partial charge in [0.25, 0.3) is 0 Å². The highest BCUT2D eigenvalue weighted by Crippen LogP contribution is 2.44. The summed E-state index contributed by atoms with van der Waals surface area (Å²) in [5.74, 6) is -1.46. The summed E-state index contributed by atoms with van der Waals surface area (Å²) >= 11 is 3.58. The van der Waals surface area contributed by atoms with Crippen LogP contribution in [0.3, 0.4) is 0 Å². The lowest BCUT2D eigenvalue weighted by Crippen LogP contribution is -2.42. The predicted molar refractivity (Wildman–Crippen MR) is 74.7 cm³/mol. The average molecular weight is 313 g/mol. The van der Waals surface area contributed by atoms with E-state index in [9.17, 15) is 14.7 Å². The van der Waals surface area contributed by atoms with Crippen molar-refractivity contribution in [1.82, 2.24) is 0 Å². The quantitative estimate of drug-likeness (QED) is 0.446. The Labute approximate surface area is 115 Å². The molecule has 4 heteroatoms. The molecule has 0 saturated heterocycles. The summed E-state index contributed by atoms with van der Waals surface area (Å²) in [5, 5.41) is 9.31. The molecule has 0 heterocycles. The Bertz CT molecular complexity index is 387. The Morgan fingerprint density at radius 1 is 1.56 bits per heavy atom. The van der Waals surface area contributed by atoms with Gasteiger partial charge >= 0.3 is 5.97 Å². The van der Waals surface area contributed by atoms with Gasteiger partial charge in [-0.05, 0) is 18.8 Å². The number of hydrogen-bond acceptors (Lipinski definition) is 2. The van der Waals surface area contributed by atoms with Crippen molar-refractivity contribution in [2.24, 2.45) is 11.8 Å². The van der Waals surface area contributed by atoms with Gasteiger partial charge < -0.3 is 9.90 Å². The maximum atomic E-state index is 11.3. The third-order valence-electron chi connectivity index (χ3n) is 3.22. The maximum absolute atomic E-state index is 11.3. The number of hydrogen-bond donors (Lipinski definition) is 1. The van der Waals surface area contributed by atoms with E-state index in [1.54, 1.807) is 18.2 Å². The molecule has 2 unspecified atom stereocenters. The normalized spacial score (nSPS) is 27.7. The first-order chi connectivity index (χ1) is 8.56. The molecule has 18 heavy (non-hydrogen) atoms. The van der Waals surface area contributed by atoms with Crippen molar-refractivity contribution in [2.45, 2.75) is 23.6 Å². The van der Waals surface area contributed by atoms with Gasteiger partial charge in [0.15, 0.2) is 0 Å². The van der Waals surface area contributed by atoms with E-state index in [0.717, 1.165) is 6.29 Å². The highest BCUT2D eigenvalue weighted by Gasteiger charge is 2.43. The van der Waals surface area contributed by atoms with E-state index in [0.29, 0.717) is 19.3 Å². The topological polar surface area (TPSA) is 54.4 Å². The number of rotatable bonds is 7. The van der Waals surface area contributed by atoms with Gasteiger partial charge in [-0.3, -0.25) is 4.79 Å². The first kappa shape index (κ1) is 14.9. The van der Waals surface area contributed by atoms with E-state index in [1.165, 1.54) is 0 Å². The minimum absolute atomic E-state index is 0.0301. The van der Waals surface area contributed by atoms with Crippen LogP contribution in [0.5, 0.6) is 0 Å². The minimum atomic E-state index is -0.868. The smallest absolute Gasteiger partial charge is 0.312 e. The van der Waals surface area contributed by atoms with Crippen LogP contribution in [0.15, 0.2) is 37.0 Å². The van der Waals surface area contributed by atoms with Gasteiger partial charge in [-0.15, -0.1) is 6.58 Å². The van der Waals surface area contributed by atoms with Gasteiger partial charge in [0, 0.05) is 6.42 Å². The highest BCUT2D eigenvalue weighted by molar-refractivity contribution is 9.10. The van der Waals surface area contributed by atoms with Crippen LogP contribution in [-0.2, 0) is 9.59 Å². The molecule has 3 nitrogen and oxygen atoms in total. The summed E-state index contributed by atoms with van der Waals surface area (Å²) in [4.78, 5) is 21.9. The van der Waals surface area contributed by atoms with Gasteiger partial charge in [0.05, 0.1) is 10.2 Å². The lowest BCUT2D eigenvalue weighted by atomic mass is 9.75. The monoisotopic (exact) mass is 312 g/mol. The molecule has 0 aliphatic heterocycles. The lowest BCUT2D eigenvalue weighted by molar-refractivity contribution is -0.141. The van der Waals surface area contributed by atoms with E-state index in [-0.39, 0.29) is 5.92 Å². The molecule has 1 aliphatic carbocycles. The van der Waals surface area contributed by atoms with Crippen molar-refractivity contribution in [1.29, 1.82) is 0 Å². The maximum Gasteiger partial charge on any atom is 0.312 e. The molecule has 0 amide bonds. The number of aldehydes is 1. The number of allylic oxidation sites excluding steroid dienone is 4. The zero-order chi connectivity index (χ0) is 13.6. The Morgan fingerprint density at radius 3 is 2.83 bits per heavy atom. The van der Waals surface area contributed by atoms with Crippen molar-refractivity contribution in [3.8, 4) is 0 Å². The molecule has 0 fully saturated rings. The average Bonchev–Trinajstić information content (AvgIpc) is 2.34. The fourth-order valence-electron chi connectivity index (χ4n) is 2.28. The Kier molecular flexibility index (Phi) is 5.54. The number of carboxylic acid groups (broad SMARTS) is 1. The summed E-state index contributed by atoms with van der Waals surface area (Å²) in [6.07, 6.45) is 11.5. The van der Waals surface area contributed by atoms with E-state index in [1.807, 2.05) is 12.2 Å². The second-order valence-electron chi connectivity index (χ2n) is 4.35. The van der Waals surface area contributed by atoms with Crippen molar-refractivity contribution in [2.75, 3.05) is 0 Å². The molecule has 0 radical (unpaired) electrons. The first-order valence-corrected chi connectivity index (χ1v) is 6.67. The standard InChI is InChI=1S/C14H17BrO3/c1-2-6-11(7-5-10-16)14(15)9-4-3-8-12(14)13(17)18/h2-4,8-12H,1,5-7H2,(H,17,18)/t11?,12-,14?/m1/s1. The summed E-state index contributed by atoms with van der Waals surface area (Å²) in [5.41, 5.74) is 0.